The lowest BCUT2D eigenvalue weighted by Crippen LogP contribution is -2.35. The molecule has 0 saturated heterocycles. The third-order valence-corrected chi connectivity index (χ3v) is 5.55. The summed E-state index contributed by atoms with van der Waals surface area (Å²) in [4.78, 5) is 26.9. The second kappa shape index (κ2) is 6.57. The molecule has 4 heterocycles. The van der Waals surface area contributed by atoms with Crippen molar-refractivity contribution in [2.75, 3.05) is 6.54 Å². The predicted octanol–water partition coefficient (Wildman–Crippen LogP) is 3.17. The van der Waals surface area contributed by atoms with Crippen LogP contribution in [0, 0.1) is 0 Å². The average Bonchev–Trinajstić information content (AvgIpc) is 3.27. The largest absolute Gasteiger partial charge is 0.461 e. The van der Waals surface area contributed by atoms with Crippen LogP contribution in [0.2, 0.25) is 0 Å². The second-order valence-corrected chi connectivity index (χ2v) is 7.50. The Bertz CT molecular complexity index is 927. The molecule has 0 unspecified atom stereocenters. The fourth-order valence-electron chi connectivity index (χ4n) is 3.04. The summed E-state index contributed by atoms with van der Waals surface area (Å²) in [6.45, 7) is 6.55. The van der Waals surface area contributed by atoms with Gasteiger partial charge in [-0.2, -0.15) is 0 Å². The summed E-state index contributed by atoms with van der Waals surface area (Å²) in [7, 11) is 0. The molecule has 0 amide bonds. The number of nitrogens with one attached hydrogen (secondary N) is 1. The number of fused-ring (bicyclic) bond motifs is 1. The van der Waals surface area contributed by atoms with Crippen molar-refractivity contribution in [3.63, 3.8) is 0 Å². The molecule has 0 aliphatic carbocycles. The number of rotatable bonds is 4. The Morgan fingerprint density at radius 3 is 3.00 bits per heavy atom. The van der Waals surface area contributed by atoms with Crippen molar-refractivity contribution in [2.45, 2.75) is 39.3 Å². The topological polar surface area (TPSA) is 75.0 Å². The van der Waals surface area contributed by atoms with Crippen LogP contribution in [0.3, 0.4) is 0 Å². The summed E-state index contributed by atoms with van der Waals surface area (Å²) in [6.07, 6.45) is 2.34. The molecule has 3 aromatic heterocycles. The molecule has 0 fully saturated rings. The molecule has 6 nitrogen and oxygen atoms in total. The van der Waals surface area contributed by atoms with Crippen molar-refractivity contribution in [2.24, 2.45) is 0 Å². The summed E-state index contributed by atoms with van der Waals surface area (Å²) in [6, 6.07) is 3.59. The van der Waals surface area contributed by atoms with Gasteiger partial charge >= 0.3 is 0 Å². The number of furan rings is 1. The summed E-state index contributed by atoms with van der Waals surface area (Å²) in [5, 5.41) is 3.28. The molecule has 4 rings (SSSR count). The first-order valence-corrected chi connectivity index (χ1v) is 9.30. The van der Waals surface area contributed by atoms with Gasteiger partial charge in [0.1, 0.15) is 0 Å². The molecule has 0 aromatic carbocycles. The molecule has 1 N–H and O–H groups in total. The SMILES string of the molecule is CC(C)c1nc(CN2CCc3nc(-c4ccco4)[nH]c(=O)c3C2)cs1. The highest BCUT2D eigenvalue weighted by molar-refractivity contribution is 7.09. The molecule has 1 aliphatic rings. The first-order chi connectivity index (χ1) is 12.1. The van der Waals surface area contributed by atoms with Crippen molar-refractivity contribution in [1.29, 1.82) is 0 Å². The summed E-state index contributed by atoms with van der Waals surface area (Å²) >= 11 is 1.71. The van der Waals surface area contributed by atoms with Crippen molar-refractivity contribution < 1.29 is 4.42 Å². The van der Waals surface area contributed by atoms with Crippen LogP contribution in [0.25, 0.3) is 11.6 Å². The smallest absolute Gasteiger partial charge is 0.256 e. The van der Waals surface area contributed by atoms with Crippen LogP contribution in [-0.4, -0.2) is 26.4 Å². The molecule has 1 aliphatic heterocycles. The van der Waals surface area contributed by atoms with E-state index in [1.807, 2.05) is 0 Å². The lowest BCUT2D eigenvalue weighted by molar-refractivity contribution is 0.239. The van der Waals surface area contributed by atoms with Gasteiger partial charge in [-0.1, -0.05) is 13.8 Å². The quantitative estimate of drug-likeness (QED) is 0.777. The molecule has 7 heteroatoms. The number of hydrogen-bond donors (Lipinski definition) is 1. The normalized spacial score (nSPS) is 14.8. The van der Waals surface area contributed by atoms with E-state index in [1.165, 1.54) is 0 Å². The maximum absolute atomic E-state index is 12.5. The van der Waals surface area contributed by atoms with Crippen LogP contribution >= 0.6 is 11.3 Å². The fourth-order valence-corrected chi connectivity index (χ4v) is 3.86. The van der Waals surface area contributed by atoms with E-state index in [0.29, 0.717) is 24.0 Å². The minimum Gasteiger partial charge on any atom is -0.461 e. The Labute approximate surface area is 149 Å². The Kier molecular flexibility index (Phi) is 4.27. The van der Waals surface area contributed by atoms with Crippen molar-refractivity contribution in [1.82, 2.24) is 19.9 Å². The maximum atomic E-state index is 12.5. The summed E-state index contributed by atoms with van der Waals surface area (Å²) in [5.41, 5.74) is 2.62. The van der Waals surface area contributed by atoms with E-state index in [1.54, 1.807) is 29.7 Å². The molecule has 0 radical (unpaired) electrons. The number of thiazole rings is 1. The number of H-pyrrole nitrogens is 1. The van der Waals surface area contributed by atoms with E-state index < -0.39 is 0 Å². The van der Waals surface area contributed by atoms with Gasteiger partial charge in [0, 0.05) is 37.4 Å². The fraction of sp³-hybridized carbons (Fsp3) is 0.389. The molecule has 3 aromatic rings. The zero-order valence-corrected chi connectivity index (χ0v) is 15.1. The van der Waals surface area contributed by atoms with E-state index in [9.17, 15) is 4.79 Å². The van der Waals surface area contributed by atoms with Crippen LogP contribution in [0.15, 0.2) is 33.0 Å². The van der Waals surface area contributed by atoms with Gasteiger partial charge in [0.05, 0.1) is 28.2 Å². The average molecular weight is 356 g/mol. The van der Waals surface area contributed by atoms with Gasteiger partial charge in [0.25, 0.3) is 5.56 Å². The number of nitrogens with zero attached hydrogens (tertiary/aromatic N) is 3. The monoisotopic (exact) mass is 356 g/mol. The van der Waals surface area contributed by atoms with E-state index >= 15 is 0 Å². The minimum atomic E-state index is -0.0813. The van der Waals surface area contributed by atoms with Crippen molar-refractivity contribution in [3.8, 4) is 11.6 Å². The van der Waals surface area contributed by atoms with E-state index in [4.69, 9.17) is 9.40 Å². The van der Waals surface area contributed by atoms with E-state index in [0.717, 1.165) is 41.5 Å². The van der Waals surface area contributed by atoms with Gasteiger partial charge in [-0.05, 0) is 12.1 Å². The first-order valence-electron chi connectivity index (χ1n) is 8.42. The van der Waals surface area contributed by atoms with Crippen LogP contribution in [0.4, 0.5) is 0 Å². The zero-order chi connectivity index (χ0) is 17.4. The van der Waals surface area contributed by atoms with E-state index in [2.05, 4.69) is 34.1 Å². The highest BCUT2D eigenvalue weighted by Crippen LogP contribution is 2.23. The van der Waals surface area contributed by atoms with Crippen LogP contribution in [0.1, 0.15) is 41.7 Å². The number of aromatic amines is 1. The Morgan fingerprint density at radius 1 is 1.40 bits per heavy atom. The predicted molar refractivity (Wildman–Crippen MR) is 96.6 cm³/mol. The third kappa shape index (κ3) is 3.29. The highest BCUT2D eigenvalue weighted by atomic mass is 32.1. The third-order valence-electron chi connectivity index (χ3n) is 4.35. The van der Waals surface area contributed by atoms with Gasteiger partial charge in [0.2, 0.25) is 0 Å². The molecular weight excluding hydrogens is 336 g/mol. The van der Waals surface area contributed by atoms with Crippen molar-refractivity contribution >= 4 is 11.3 Å². The van der Waals surface area contributed by atoms with Gasteiger partial charge in [-0.25, -0.2) is 9.97 Å². The second-order valence-electron chi connectivity index (χ2n) is 6.61. The van der Waals surface area contributed by atoms with Crippen LogP contribution in [0.5, 0.6) is 0 Å². The molecule has 130 valence electrons. The lowest BCUT2D eigenvalue weighted by Gasteiger charge is -2.26. The standard InChI is InChI=1S/C18H20N4O2S/c1-11(2)18-19-12(10-25-18)8-22-6-5-14-13(9-22)17(23)21-16(20-14)15-4-3-7-24-15/h3-4,7,10-11H,5-6,8-9H2,1-2H3,(H,20,21,23). The van der Waals surface area contributed by atoms with Gasteiger partial charge in [0.15, 0.2) is 11.6 Å². The molecular formula is C18H20N4O2S. The molecule has 25 heavy (non-hydrogen) atoms. The summed E-state index contributed by atoms with van der Waals surface area (Å²) < 4.78 is 5.34. The molecule has 0 atom stereocenters. The lowest BCUT2D eigenvalue weighted by atomic mass is 10.1. The number of aromatic nitrogens is 3. The molecule has 0 saturated carbocycles. The van der Waals surface area contributed by atoms with Crippen LogP contribution < -0.4 is 5.56 Å². The maximum Gasteiger partial charge on any atom is 0.256 e. The molecule has 0 spiro atoms. The van der Waals surface area contributed by atoms with Gasteiger partial charge < -0.3 is 9.40 Å². The highest BCUT2D eigenvalue weighted by Gasteiger charge is 2.22. The van der Waals surface area contributed by atoms with Crippen LogP contribution in [-0.2, 0) is 19.5 Å². The molecule has 0 bridgehead atoms. The number of hydrogen-bond acceptors (Lipinski definition) is 6. The zero-order valence-electron chi connectivity index (χ0n) is 14.3. The Hall–Kier alpha value is -2.25. The first kappa shape index (κ1) is 16.2. The Balaban J connectivity index is 1.54. The van der Waals surface area contributed by atoms with E-state index in [-0.39, 0.29) is 5.56 Å². The summed E-state index contributed by atoms with van der Waals surface area (Å²) in [5.74, 6) is 1.54. The minimum absolute atomic E-state index is 0.0813. The Morgan fingerprint density at radius 2 is 2.28 bits per heavy atom. The van der Waals surface area contributed by atoms with Gasteiger partial charge in [-0.15, -0.1) is 11.3 Å². The van der Waals surface area contributed by atoms with Gasteiger partial charge in [-0.3, -0.25) is 9.69 Å². The van der Waals surface area contributed by atoms with Crippen molar-refractivity contribution in [3.05, 3.63) is 56.1 Å².